The molecule has 2 heterocycles. The fourth-order valence-corrected chi connectivity index (χ4v) is 5.06. The summed E-state index contributed by atoms with van der Waals surface area (Å²) in [6, 6.07) is 7.12. The van der Waals surface area contributed by atoms with E-state index >= 15 is 0 Å². The number of urea groups is 1. The van der Waals surface area contributed by atoms with Crippen molar-refractivity contribution >= 4 is 35.1 Å². The number of nitrogens with one attached hydrogen (secondary N) is 2. The number of benzene rings is 1. The van der Waals surface area contributed by atoms with Crippen LogP contribution < -0.4 is 21.3 Å². The number of para-hydroxylation sites is 2. The fourth-order valence-electron chi connectivity index (χ4n) is 5.06. The second-order valence-corrected chi connectivity index (χ2v) is 9.01. The van der Waals surface area contributed by atoms with Gasteiger partial charge in [0.15, 0.2) is 0 Å². The van der Waals surface area contributed by atoms with Crippen LogP contribution in [0.5, 0.6) is 0 Å². The third kappa shape index (κ3) is 4.42. The Kier molecular flexibility index (Phi) is 6.34. The molecule has 2 aliphatic heterocycles. The number of carbonyl (C=O) groups is 4. The molecule has 0 bridgehead atoms. The molecule has 1 aromatic carbocycles. The van der Waals surface area contributed by atoms with Gasteiger partial charge >= 0.3 is 6.03 Å². The van der Waals surface area contributed by atoms with E-state index in [1.807, 2.05) is 24.3 Å². The van der Waals surface area contributed by atoms with E-state index in [2.05, 4.69) is 15.5 Å². The first-order valence-corrected chi connectivity index (χ1v) is 11.5. The molecule has 9 heteroatoms. The summed E-state index contributed by atoms with van der Waals surface area (Å²) in [5.41, 5.74) is 6.22. The third-order valence-electron chi connectivity index (χ3n) is 6.93. The van der Waals surface area contributed by atoms with Crippen molar-refractivity contribution in [3.63, 3.8) is 0 Å². The van der Waals surface area contributed by atoms with E-state index in [1.54, 1.807) is 0 Å². The van der Waals surface area contributed by atoms with Crippen molar-refractivity contribution < 1.29 is 19.2 Å². The zero-order chi connectivity index (χ0) is 22.7. The van der Waals surface area contributed by atoms with E-state index < -0.39 is 11.6 Å². The average Bonchev–Trinajstić information content (AvgIpc) is 3.01. The molecule has 1 aromatic rings. The van der Waals surface area contributed by atoms with E-state index in [0.29, 0.717) is 44.5 Å². The van der Waals surface area contributed by atoms with E-state index in [-0.39, 0.29) is 36.6 Å². The number of hydrogen-bond donors (Lipinski definition) is 3. The van der Waals surface area contributed by atoms with Crippen molar-refractivity contribution in [1.29, 1.82) is 0 Å². The van der Waals surface area contributed by atoms with Crippen molar-refractivity contribution in [1.82, 2.24) is 10.2 Å². The molecular weight excluding hydrogens is 410 g/mol. The second kappa shape index (κ2) is 9.18. The predicted octanol–water partition coefficient (Wildman–Crippen LogP) is 1.97. The van der Waals surface area contributed by atoms with E-state index in [0.717, 1.165) is 24.9 Å². The summed E-state index contributed by atoms with van der Waals surface area (Å²) in [6.07, 6.45) is 5.67. The van der Waals surface area contributed by atoms with Crippen LogP contribution >= 0.6 is 0 Å². The summed E-state index contributed by atoms with van der Waals surface area (Å²) < 4.78 is 0. The summed E-state index contributed by atoms with van der Waals surface area (Å²) in [7, 11) is 0. The summed E-state index contributed by atoms with van der Waals surface area (Å²) in [6.45, 7) is 1.43. The Bertz CT molecular complexity index is 903. The van der Waals surface area contributed by atoms with Crippen molar-refractivity contribution in [2.45, 2.75) is 56.9 Å². The van der Waals surface area contributed by atoms with Gasteiger partial charge in [0.1, 0.15) is 5.54 Å². The lowest BCUT2D eigenvalue weighted by Gasteiger charge is -2.33. The zero-order valence-corrected chi connectivity index (χ0v) is 18.3. The number of amides is 5. The molecule has 4 N–H and O–H groups in total. The predicted molar refractivity (Wildman–Crippen MR) is 120 cm³/mol. The van der Waals surface area contributed by atoms with Crippen molar-refractivity contribution in [3.05, 3.63) is 24.3 Å². The van der Waals surface area contributed by atoms with Crippen molar-refractivity contribution in [2.24, 2.45) is 11.7 Å². The Hall–Kier alpha value is -3.10. The quantitative estimate of drug-likeness (QED) is 0.582. The molecule has 1 saturated carbocycles. The Morgan fingerprint density at radius 2 is 1.78 bits per heavy atom. The van der Waals surface area contributed by atoms with Gasteiger partial charge in [0.05, 0.1) is 11.4 Å². The van der Waals surface area contributed by atoms with Gasteiger partial charge in [0, 0.05) is 32.0 Å². The first-order chi connectivity index (χ1) is 15.4. The molecule has 32 heavy (non-hydrogen) atoms. The zero-order valence-electron chi connectivity index (χ0n) is 18.3. The van der Waals surface area contributed by atoms with Crippen LogP contribution in [0.2, 0.25) is 0 Å². The standard InChI is InChI=1S/C23H31N5O4/c24-20(30)16-8-13-27(14-9-16)18-7-3-2-6-17(18)25-19(29)10-15-28-21(31)23(26-22(28)32)11-4-1-5-12-23/h2-3,6-7,16H,1,4-5,8-15H2,(H2,24,30)(H,25,29)(H,26,32). The van der Waals surface area contributed by atoms with Crippen molar-refractivity contribution in [3.8, 4) is 0 Å². The maximum Gasteiger partial charge on any atom is 0.325 e. The minimum Gasteiger partial charge on any atom is -0.370 e. The first-order valence-electron chi connectivity index (χ1n) is 11.5. The van der Waals surface area contributed by atoms with Gasteiger partial charge < -0.3 is 21.3 Å². The normalized spacial score (nSPS) is 21.0. The molecule has 1 aliphatic carbocycles. The molecule has 0 unspecified atom stereocenters. The van der Waals surface area contributed by atoms with Crippen LogP contribution in [0.1, 0.15) is 51.4 Å². The van der Waals surface area contributed by atoms with Gasteiger partial charge in [-0.25, -0.2) is 4.79 Å². The van der Waals surface area contributed by atoms with E-state index in [1.165, 1.54) is 4.90 Å². The van der Waals surface area contributed by atoms with Gasteiger partial charge in [-0.15, -0.1) is 0 Å². The minimum atomic E-state index is -0.768. The number of nitrogens with two attached hydrogens (primary N) is 1. The van der Waals surface area contributed by atoms with Crippen LogP contribution in [0.4, 0.5) is 16.2 Å². The monoisotopic (exact) mass is 441 g/mol. The van der Waals surface area contributed by atoms with Gasteiger partial charge in [0.25, 0.3) is 5.91 Å². The molecule has 0 radical (unpaired) electrons. The van der Waals surface area contributed by atoms with Crippen molar-refractivity contribution in [2.75, 3.05) is 29.9 Å². The molecule has 172 valence electrons. The molecule has 5 amide bonds. The van der Waals surface area contributed by atoms with Crippen LogP contribution in [0, 0.1) is 5.92 Å². The Labute approximate surface area is 187 Å². The van der Waals surface area contributed by atoms with Crippen LogP contribution in [0.25, 0.3) is 0 Å². The van der Waals surface area contributed by atoms with Crippen LogP contribution in [-0.4, -0.2) is 53.8 Å². The van der Waals surface area contributed by atoms with Gasteiger partial charge in [-0.3, -0.25) is 19.3 Å². The minimum absolute atomic E-state index is 0.0350. The highest BCUT2D eigenvalue weighted by atomic mass is 16.2. The number of rotatable bonds is 6. The Morgan fingerprint density at radius 3 is 2.47 bits per heavy atom. The Balaban J connectivity index is 1.35. The lowest BCUT2D eigenvalue weighted by molar-refractivity contribution is -0.132. The molecule has 0 atom stereocenters. The van der Waals surface area contributed by atoms with Crippen LogP contribution in [0.3, 0.4) is 0 Å². The molecule has 3 aliphatic rings. The Morgan fingerprint density at radius 1 is 1.09 bits per heavy atom. The van der Waals surface area contributed by atoms with Gasteiger partial charge in [-0.1, -0.05) is 31.4 Å². The van der Waals surface area contributed by atoms with Gasteiger partial charge in [0.2, 0.25) is 11.8 Å². The lowest BCUT2D eigenvalue weighted by atomic mass is 9.82. The third-order valence-corrected chi connectivity index (χ3v) is 6.93. The van der Waals surface area contributed by atoms with E-state index in [9.17, 15) is 19.2 Å². The molecule has 4 rings (SSSR count). The molecular formula is C23H31N5O4. The molecule has 0 aromatic heterocycles. The number of anilines is 2. The molecule has 2 saturated heterocycles. The largest absolute Gasteiger partial charge is 0.370 e. The summed E-state index contributed by atoms with van der Waals surface area (Å²) in [4.78, 5) is 52.7. The SMILES string of the molecule is NC(=O)C1CCN(c2ccccc2NC(=O)CCN2C(=O)NC3(CCCCC3)C2=O)CC1. The van der Waals surface area contributed by atoms with Crippen LogP contribution in [0.15, 0.2) is 24.3 Å². The smallest absolute Gasteiger partial charge is 0.325 e. The second-order valence-electron chi connectivity index (χ2n) is 9.01. The molecule has 3 fully saturated rings. The maximum absolute atomic E-state index is 12.9. The van der Waals surface area contributed by atoms with Gasteiger partial charge in [-0.05, 0) is 37.8 Å². The summed E-state index contributed by atoms with van der Waals surface area (Å²) >= 11 is 0. The first kappa shape index (κ1) is 22.1. The number of imide groups is 1. The highest BCUT2D eigenvalue weighted by molar-refractivity contribution is 6.07. The number of piperidine rings is 1. The number of nitrogens with zero attached hydrogens (tertiary/aromatic N) is 2. The fraction of sp³-hybridized carbons (Fsp3) is 0.565. The molecule has 9 nitrogen and oxygen atoms in total. The van der Waals surface area contributed by atoms with E-state index in [4.69, 9.17) is 5.73 Å². The van der Waals surface area contributed by atoms with Crippen LogP contribution in [-0.2, 0) is 14.4 Å². The lowest BCUT2D eigenvalue weighted by Crippen LogP contribution is -2.48. The molecule has 1 spiro atoms. The summed E-state index contributed by atoms with van der Waals surface area (Å²) in [5.74, 6) is -0.825. The number of carbonyl (C=O) groups excluding carboxylic acids is 4. The van der Waals surface area contributed by atoms with Gasteiger partial charge in [-0.2, -0.15) is 0 Å². The maximum atomic E-state index is 12.9. The topological polar surface area (TPSA) is 125 Å². The summed E-state index contributed by atoms with van der Waals surface area (Å²) in [5, 5.41) is 5.80. The number of primary amides is 1. The highest BCUT2D eigenvalue weighted by Gasteiger charge is 2.51. The highest BCUT2D eigenvalue weighted by Crippen LogP contribution is 2.34. The number of hydrogen-bond acceptors (Lipinski definition) is 5. The average molecular weight is 442 g/mol.